The van der Waals surface area contributed by atoms with E-state index in [9.17, 15) is 13.6 Å². The molecule has 0 fully saturated rings. The van der Waals surface area contributed by atoms with Gasteiger partial charge in [0.15, 0.2) is 0 Å². The van der Waals surface area contributed by atoms with Crippen LogP contribution in [0.15, 0.2) is 24.5 Å². The molecular formula is C13H14F2N2O2. The Labute approximate surface area is 109 Å². The van der Waals surface area contributed by atoms with E-state index >= 15 is 0 Å². The number of esters is 1. The predicted octanol–water partition coefficient (Wildman–Crippen LogP) is 2.94. The van der Waals surface area contributed by atoms with E-state index in [2.05, 4.69) is 4.98 Å². The summed E-state index contributed by atoms with van der Waals surface area (Å²) in [7, 11) is 0. The standard InChI is InChI=1S/C13H14F2N2O2/c1-3-19-13(18)8(2)10-7-17-5-4-9(12(14)15)6-11(17)16-10/h4-8,12H,3H2,1-2H3. The molecule has 0 spiro atoms. The molecule has 0 saturated carbocycles. The van der Waals surface area contributed by atoms with Crippen molar-refractivity contribution in [2.45, 2.75) is 26.2 Å². The van der Waals surface area contributed by atoms with Crippen molar-refractivity contribution in [2.75, 3.05) is 6.61 Å². The van der Waals surface area contributed by atoms with E-state index in [1.165, 1.54) is 18.3 Å². The first kappa shape index (κ1) is 13.5. The van der Waals surface area contributed by atoms with Gasteiger partial charge in [0.05, 0.1) is 18.2 Å². The molecule has 0 aliphatic carbocycles. The van der Waals surface area contributed by atoms with Crippen LogP contribution < -0.4 is 0 Å². The maximum Gasteiger partial charge on any atom is 0.314 e. The lowest BCUT2D eigenvalue weighted by Gasteiger charge is -2.06. The van der Waals surface area contributed by atoms with Gasteiger partial charge in [-0.15, -0.1) is 0 Å². The van der Waals surface area contributed by atoms with Crippen molar-refractivity contribution in [3.63, 3.8) is 0 Å². The zero-order chi connectivity index (χ0) is 14.0. The number of carbonyl (C=O) groups excluding carboxylic acids is 1. The quantitative estimate of drug-likeness (QED) is 0.801. The van der Waals surface area contributed by atoms with Crippen LogP contribution in [0.2, 0.25) is 0 Å². The number of alkyl halides is 2. The van der Waals surface area contributed by atoms with E-state index in [1.54, 1.807) is 24.4 Å². The van der Waals surface area contributed by atoms with Crippen molar-refractivity contribution in [3.8, 4) is 0 Å². The molecule has 1 atom stereocenters. The second kappa shape index (κ2) is 5.34. The smallest absolute Gasteiger partial charge is 0.314 e. The number of nitrogens with zero attached hydrogens (tertiary/aromatic N) is 2. The van der Waals surface area contributed by atoms with Gasteiger partial charge in [-0.3, -0.25) is 4.79 Å². The summed E-state index contributed by atoms with van der Waals surface area (Å²) < 4.78 is 31.7. The van der Waals surface area contributed by atoms with Crippen LogP contribution in [0.4, 0.5) is 8.78 Å². The Balaban J connectivity index is 2.33. The first-order valence-electron chi connectivity index (χ1n) is 5.96. The summed E-state index contributed by atoms with van der Waals surface area (Å²) in [6, 6.07) is 2.64. The Morgan fingerprint density at radius 1 is 1.53 bits per heavy atom. The third-order valence-corrected chi connectivity index (χ3v) is 2.84. The average Bonchev–Trinajstić information content (AvgIpc) is 2.80. The van der Waals surface area contributed by atoms with E-state index in [-0.39, 0.29) is 11.5 Å². The molecule has 2 aromatic heterocycles. The summed E-state index contributed by atoms with van der Waals surface area (Å²) >= 11 is 0. The molecule has 2 heterocycles. The van der Waals surface area contributed by atoms with E-state index < -0.39 is 12.3 Å². The van der Waals surface area contributed by atoms with Crippen LogP contribution in [0.5, 0.6) is 0 Å². The van der Waals surface area contributed by atoms with Crippen LogP contribution in [0, 0.1) is 0 Å². The topological polar surface area (TPSA) is 43.6 Å². The molecule has 19 heavy (non-hydrogen) atoms. The molecule has 0 amide bonds. The zero-order valence-electron chi connectivity index (χ0n) is 10.6. The number of carbonyl (C=O) groups is 1. The Morgan fingerprint density at radius 3 is 2.89 bits per heavy atom. The molecule has 0 aromatic carbocycles. The number of ether oxygens (including phenoxy) is 1. The number of halogens is 2. The lowest BCUT2D eigenvalue weighted by molar-refractivity contribution is -0.144. The summed E-state index contributed by atoms with van der Waals surface area (Å²) in [5.41, 5.74) is 0.808. The van der Waals surface area contributed by atoms with Crippen LogP contribution in [0.3, 0.4) is 0 Å². The highest BCUT2D eigenvalue weighted by Gasteiger charge is 2.20. The highest BCUT2D eigenvalue weighted by molar-refractivity contribution is 5.77. The van der Waals surface area contributed by atoms with E-state index in [1.807, 2.05) is 0 Å². The van der Waals surface area contributed by atoms with Gasteiger partial charge in [-0.25, -0.2) is 13.8 Å². The van der Waals surface area contributed by atoms with Crippen LogP contribution in [0.25, 0.3) is 5.65 Å². The van der Waals surface area contributed by atoms with Gasteiger partial charge in [-0.1, -0.05) is 0 Å². The average molecular weight is 268 g/mol. The highest BCUT2D eigenvalue weighted by Crippen LogP contribution is 2.22. The minimum Gasteiger partial charge on any atom is -0.465 e. The minimum atomic E-state index is -2.53. The summed E-state index contributed by atoms with van der Waals surface area (Å²) in [5.74, 6) is -0.894. The molecular weight excluding hydrogens is 254 g/mol. The number of pyridine rings is 1. The normalized spacial score (nSPS) is 12.9. The molecule has 0 N–H and O–H groups in total. The van der Waals surface area contributed by atoms with Crippen LogP contribution in [0.1, 0.15) is 37.4 Å². The molecule has 2 rings (SSSR count). The maximum atomic E-state index is 12.6. The minimum absolute atomic E-state index is 0.0894. The fraction of sp³-hybridized carbons (Fsp3) is 0.385. The van der Waals surface area contributed by atoms with E-state index in [4.69, 9.17) is 4.74 Å². The summed E-state index contributed by atoms with van der Waals surface area (Å²) in [6.07, 6.45) is 0.616. The number of hydrogen-bond acceptors (Lipinski definition) is 3. The number of rotatable bonds is 4. The van der Waals surface area contributed by atoms with E-state index in [0.29, 0.717) is 17.9 Å². The first-order valence-corrected chi connectivity index (χ1v) is 5.96. The van der Waals surface area contributed by atoms with Gasteiger partial charge in [-0.2, -0.15) is 0 Å². The fourth-order valence-electron chi connectivity index (χ4n) is 1.75. The van der Waals surface area contributed by atoms with Gasteiger partial charge in [0.1, 0.15) is 5.65 Å². The molecule has 0 radical (unpaired) electrons. The summed E-state index contributed by atoms with van der Waals surface area (Å²) in [5, 5.41) is 0. The predicted molar refractivity (Wildman–Crippen MR) is 65.2 cm³/mol. The van der Waals surface area contributed by atoms with Gasteiger partial charge >= 0.3 is 5.97 Å². The van der Waals surface area contributed by atoms with Gasteiger partial charge in [-0.05, 0) is 26.0 Å². The number of imidazole rings is 1. The lowest BCUT2D eigenvalue weighted by Crippen LogP contribution is -2.13. The molecule has 0 saturated heterocycles. The number of hydrogen-bond donors (Lipinski definition) is 0. The van der Waals surface area contributed by atoms with E-state index in [0.717, 1.165) is 0 Å². The summed E-state index contributed by atoms with van der Waals surface area (Å²) in [4.78, 5) is 15.8. The first-order chi connectivity index (χ1) is 9.02. The Bertz CT molecular complexity index is 595. The van der Waals surface area contributed by atoms with Crippen molar-refractivity contribution in [3.05, 3.63) is 35.8 Å². The van der Waals surface area contributed by atoms with Crippen LogP contribution in [-0.2, 0) is 9.53 Å². The second-order valence-electron chi connectivity index (χ2n) is 4.17. The molecule has 0 bridgehead atoms. The molecule has 102 valence electrons. The molecule has 0 aliphatic rings. The SMILES string of the molecule is CCOC(=O)C(C)c1cn2ccc(C(F)F)cc2n1. The largest absolute Gasteiger partial charge is 0.465 e. The van der Waals surface area contributed by atoms with Gasteiger partial charge in [0.25, 0.3) is 6.43 Å². The van der Waals surface area contributed by atoms with Crippen molar-refractivity contribution >= 4 is 11.6 Å². The van der Waals surface area contributed by atoms with Crippen molar-refractivity contribution in [1.29, 1.82) is 0 Å². The second-order valence-corrected chi connectivity index (χ2v) is 4.17. The fourth-order valence-corrected chi connectivity index (χ4v) is 1.75. The monoisotopic (exact) mass is 268 g/mol. The maximum absolute atomic E-state index is 12.6. The molecule has 4 nitrogen and oxygen atoms in total. The molecule has 6 heteroatoms. The lowest BCUT2D eigenvalue weighted by atomic mass is 10.1. The zero-order valence-corrected chi connectivity index (χ0v) is 10.6. The van der Waals surface area contributed by atoms with Gasteiger partial charge < -0.3 is 9.14 Å². The Hall–Kier alpha value is -1.98. The van der Waals surface area contributed by atoms with Gasteiger partial charge in [0, 0.05) is 18.0 Å². The number of aromatic nitrogens is 2. The van der Waals surface area contributed by atoms with Crippen molar-refractivity contribution < 1.29 is 18.3 Å². The van der Waals surface area contributed by atoms with Crippen molar-refractivity contribution in [2.24, 2.45) is 0 Å². The Kier molecular flexibility index (Phi) is 3.78. The summed E-state index contributed by atoms with van der Waals surface area (Å²) in [6.45, 7) is 3.70. The number of fused-ring (bicyclic) bond motifs is 1. The Morgan fingerprint density at radius 2 is 2.26 bits per heavy atom. The van der Waals surface area contributed by atoms with Gasteiger partial charge in [0.2, 0.25) is 0 Å². The molecule has 2 aromatic rings. The van der Waals surface area contributed by atoms with Crippen LogP contribution in [-0.4, -0.2) is 22.0 Å². The molecule has 1 unspecified atom stereocenters. The third-order valence-electron chi connectivity index (χ3n) is 2.84. The highest BCUT2D eigenvalue weighted by atomic mass is 19.3. The van der Waals surface area contributed by atoms with Crippen molar-refractivity contribution in [1.82, 2.24) is 9.38 Å². The van der Waals surface area contributed by atoms with Crippen LogP contribution >= 0.6 is 0 Å². The third kappa shape index (κ3) is 2.72. The molecule has 0 aliphatic heterocycles.